The molecule has 0 bridgehead atoms. The smallest absolute Gasteiger partial charge is 0.0589 e. The summed E-state index contributed by atoms with van der Waals surface area (Å²) in [6.45, 7) is 6.80. The molecule has 1 heterocycles. The Balaban J connectivity index is 2.17. The summed E-state index contributed by atoms with van der Waals surface area (Å²) < 4.78 is 5.61. The van der Waals surface area contributed by atoms with E-state index < -0.39 is 0 Å². The van der Waals surface area contributed by atoms with E-state index in [1.807, 2.05) is 20.1 Å². The predicted molar refractivity (Wildman–Crippen MR) is 86.1 cm³/mol. The Hall–Kier alpha value is -0.970. The van der Waals surface area contributed by atoms with Gasteiger partial charge in [-0.3, -0.25) is 9.88 Å². The highest BCUT2D eigenvalue weighted by Crippen LogP contribution is 2.35. The number of likely N-dealkylation sites (N-methyl/N-ethyl adjacent to an activating group) is 1. The number of ether oxygens (including phenoxy) is 1. The summed E-state index contributed by atoms with van der Waals surface area (Å²) in [5, 5.41) is 0. The van der Waals surface area contributed by atoms with Gasteiger partial charge in [0.1, 0.15) is 0 Å². The van der Waals surface area contributed by atoms with Gasteiger partial charge in [-0.1, -0.05) is 13.0 Å². The van der Waals surface area contributed by atoms with E-state index >= 15 is 0 Å². The maximum Gasteiger partial charge on any atom is 0.0589 e. The maximum atomic E-state index is 6.20. The Morgan fingerprint density at radius 3 is 2.90 bits per heavy atom. The summed E-state index contributed by atoms with van der Waals surface area (Å²) in [5.41, 5.74) is 8.45. The van der Waals surface area contributed by atoms with Gasteiger partial charge in [-0.05, 0) is 51.3 Å². The van der Waals surface area contributed by atoms with E-state index in [1.54, 1.807) is 0 Å². The molecule has 0 saturated heterocycles. The van der Waals surface area contributed by atoms with Crippen molar-refractivity contribution >= 4 is 0 Å². The molecule has 2 atom stereocenters. The van der Waals surface area contributed by atoms with E-state index in [0.29, 0.717) is 12.6 Å². The number of nitrogens with two attached hydrogens (primary N) is 1. The zero-order valence-corrected chi connectivity index (χ0v) is 13.6. The molecule has 4 heteroatoms. The summed E-state index contributed by atoms with van der Waals surface area (Å²) in [6.07, 6.45) is 4.86. The molecule has 0 aromatic carbocycles. The molecular formula is C17H29N3O. The van der Waals surface area contributed by atoms with Crippen LogP contribution >= 0.6 is 0 Å². The van der Waals surface area contributed by atoms with Gasteiger partial charge in [0.15, 0.2) is 0 Å². The standard InChI is InChI=1S/C17H29N3O/c1-4-20(12-15-8-5-7-14(2)19-15)17(13-18)10-6-9-16(11-17)21-3/h5,7-8,16H,4,6,9-13,18H2,1-3H3. The minimum Gasteiger partial charge on any atom is -0.381 e. The number of hydrogen-bond donors (Lipinski definition) is 1. The SMILES string of the molecule is CCN(Cc1cccc(C)n1)C1(CN)CCCC(OC)C1. The van der Waals surface area contributed by atoms with Gasteiger partial charge in [0.25, 0.3) is 0 Å². The molecule has 1 aromatic heterocycles. The fraction of sp³-hybridized carbons (Fsp3) is 0.706. The van der Waals surface area contributed by atoms with Crippen LogP contribution in [0.15, 0.2) is 18.2 Å². The molecule has 21 heavy (non-hydrogen) atoms. The molecule has 2 rings (SSSR count). The molecule has 1 aliphatic rings. The largest absolute Gasteiger partial charge is 0.381 e. The monoisotopic (exact) mass is 291 g/mol. The van der Waals surface area contributed by atoms with Gasteiger partial charge < -0.3 is 10.5 Å². The van der Waals surface area contributed by atoms with Crippen molar-refractivity contribution < 1.29 is 4.74 Å². The van der Waals surface area contributed by atoms with E-state index in [0.717, 1.165) is 43.7 Å². The fourth-order valence-electron chi connectivity index (χ4n) is 3.59. The van der Waals surface area contributed by atoms with Crippen molar-refractivity contribution in [3.8, 4) is 0 Å². The van der Waals surface area contributed by atoms with E-state index in [4.69, 9.17) is 10.5 Å². The number of methoxy groups -OCH3 is 1. The second-order valence-electron chi connectivity index (χ2n) is 6.17. The van der Waals surface area contributed by atoms with E-state index in [9.17, 15) is 0 Å². The van der Waals surface area contributed by atoms with Gasteiger partial charge in [0.05, 0.1) is 11.8 Å². The molecule has 118 valence electrons. The van der Waals surface area contributed by atoms with Crippen LogP contribution in [0.4, 0.5) is 0 Å². The van der Waals surface area contributed by atoms with Crippen molar-refractivity contribution in [1.29, 1.82) is 0 Å². The average Bonchev–Trinajstić information content (AvgIpc) is 2.52. The zero-order chi connectivity index (χ0) is 15.3. The highest BCUT2D eigenvalue weighted by Gasteiger charge is 2.39. The predicted octanol–water partition coefficient (Wildman–Crippen LogP) is 2.50. The molecule has 1 aromatic rings. The Morgan fingerprint density at radius 2 is 2.29 bits per heavy atom. The van der Waals surface area contributed by atoms with Crippen LogP contribution in [0.3, 0.4) is 0 Å². The van der Waals surface area contributed by atoms with Gasteiger partial charge in [0, 0.05) is 31.4 Å². The van der Waals surface area contributed by atoms with Crippen molar-refractivity contribution in [3.63, 3.8) is 0 Å². The van der Waals surface area contributed by atoms with Crippen LogP contribution in [0, 0.1) is 6.92 Å². The van der Waals surface area contributed by atoms with Gasteiger partial charge in [0.2, 0.25) is 0 Å². The molecule has 0 radical (unpaired) electrons. The lowest BCUT2D eigenvalue weighted by Gasteiger charge is -2.47. The van der Waals surface area contributed by atoms with Crippen LogP contribution in [0.25, 0.3) is 0 Å². The van der Waals surface area contributed by atoms with Crippen molar-refractivity contribution in [3.05, 3.63) is 29.6 Å². The molecule has 0 aliphatic heterocycles. The molecule has 1 saturated carbocycles. The summed E-state index contributed by atoms with van der Waals surface area (Å²) in [7, 11) is 1.82. The highest BCUT2D eigenvalue weighted by molar-refractivity contribution is 5.11. The van der Waals surface area contributed by atoms with Gasteiger partial charge in [-0.15, -0.1) is 0 Å². The van der Waals surface area contributed by atoms with Crippen LogP contribution in [0.1, 0.15) is 44.0 Å². The maximum absolute atomic E-state index is 6.20. The summed E-state index contributed by atoms with van der Waals surface area (Å²) in [5.74, 6) is 0. The number of nitrogens with zero attached hydrogens (tertiary/aromatic N) is 2. The first-order valence-electron chi connectivity index (χ1n) is 8.04. The fourth-order valence-corrected chi connectivity index (χ4v) is 3.59. The Morgan fingerprint density at radius 1 is 1.48 bits per heavy atom. The number of pyridine rings is 1. The second kappa shape index (κ2) is 7.34. The minimum atomic E-state index is 0.0547. The first kappa shape index (κ1) is 16.4. The normalized spacial score (nSPS) is 26.2. The number of aromatic nitrogens is 1. The summed E-state index contributed by atoms with van der Waals surface area (Å²) in [6, 6.07) is 6.23. The average molecular weight is 291 g/mol. The topological polar surface area (TPSA) is 51.4 Å². The number of hydrogen-bond acceptors (Lipinski definition) is 4. The van der Waals surface area contributed by atoms with Crippen molar-refractivity contribution in [2.75, 3.05) is 20.2 Å². The van der Waals surface area contributed by atoms with Crippen LogP contribution in [-0.4, -0.2) is 41.7 Å². The van der Waals surface area contributed by atoms with E-state index in [2.05, 4.69) is 28.9 Å². The van der Waals surface area contributed by atoms with Crippen molar-refractivity contribution in [2.45, 2.75) is 57.7 Å². The molecule has 1 fully saturated rings. The third-order valence-electron chi connectivity index (χ3n) is 4.84. The van der Waals surface area contributed by atoms with Crippen molar-refractivity contribution in [2.24, 2.45) is 5.73 Å². The van der Waals surface area contributed by atoms with Gasteiger partial charge >= 0.3 is 0 Å². The van der Waals surface area contributed by atoms with Crippen LogP contribution in [0.5, 0.6) is 0 Å². The molecule has 0 amide bonds. The second-order valence-corrected chi connectivity index (χ2v) is 6.17. The minimum absolute atomic E-state index is 0.0547. The zero-order valence-electron chi connectivity index (χ0n) is 13.6. The molecule has 2 unspecified atom stereocenters. The Bertz CT molecular complexity index is 451. The van der Waals surface area contributed by atoms with Crippen LogP contribution in [0.2, 0.25) is 0 Å². The first-order valence-corrected chi connectivity index (χ1v) is 8.04. The lowest BCUT2D eigenvalue weighted by Crippen LogP contribution is -2.57. The Kier molecular flexibility index (Phi) is 5.73. The number of aryl methyl sites for hydroxylation is 1. The third-order valence-corrected chi connectivity index (χ3v) is 4.84. The summed E-state index contributed by atoms with van der Waals surface area (Å²) >= 11 is 0. The molecular weight excluding hydrogens is 262 g/mol. The third kappa shape index (κ3) is 3.82. The molecule has 1 aliphatic carbocycles. The Labute approximate surface area is 128 Å². The van der Waals surface area contributed by atoms with Crippen LogP contribution in [-0.2, 0) is 11.3 Å². The summed E-state index contributed by atoms with van der Waals surface area (Å²) in [4.78, 5) is 7.15. The van der Waals surface area contributed by atoms with Gasteiger partial charge in [-0.2, -0.15) is 0 Å². The molecule has 2 N–H and O–H groups in total. The van der Waals surface area contributed by atoms with Gasteiger partial charge in [-0.25, -0.2) is 0 Å². The lowest BCUT2D eigenvalue weighted by molar-refractivity contribution is -0.0242. The quantitative estimate of drug-likeness (QED) is 0.875. The van der Waals surface area contributed by atoms with Crippen molar-refractivity contribution in [1.82, 2.24) is 9.88 Å². The van der Waals surface area contributed by atoms with E-state index in [1.165, 1.54) is 6.42 Å². The first-order chi connectivity index (χ1) is 10.1. The van der Waals surface area contributed by atoms with Crippen LogP contribution < -0.4 is 5.73 Å². The van der Waals surface area contributed by atoms with E-state index in [-0.39, 0.29) is 5.54 Å². The lowest BCUT2D eigenvalue weighted by atomic mass is 9.78. The molecule has 0 spiro atoms. The number of rotatable bonds is 6. The molecule has 4 nitrogen and oxygen atoms in total. The highest BCUT2D eigenvalue weighted by atomic mass is 16.5.